The molecule has 1 aliphatic rings. The number of ether oxygens (including phenoxy) is 1. The van der Waals surface area contributed by atoms with Crippen LogP contribution in [0.15, 0.2) is 24.3 Å². The summed E-state index contributed by atoms with van der Waals surface area (Å²) in [4.78, 5) is 26.3. The van der Waals surface area contributed by atoms with E-state index in [4.69, 9.17) is 4.74 Å². The number of hydrogen-bond donors (Lipinski definition) is 0. The molecule has 1 saturated heterocycles. The van der Waals surface area contributed by atoms with Crippen molar-refractivity contribution < 1.29 is 22.7 Å². The van der Waals surface area contributed by atoms with Crippen LogP contribution in [0.2, 0.25) is 0 Å². The highest BCUT2D eigenvalue weighted by Gasteiger charge is 2.26. The van der Waals surface area contributed by atoms with E-state index >= 15 is 0 Å². The lowest BCUT2D eigenvalue weighted by molar-refractivity contribution is -0.133. The highest BCUT2D eigenvalue weighted by molar-refractivity contribution is 7.92. The standard InChI is InChI=1S/C15H21N3O5S/c1-23-14-5-3-13(4-6-14)18(24(2,21)22)11-15(20)17-9-7-16(12-19)8-10-17/h3-6,12H,7-11H2,1-2H3. The van der Waals surface area contributed by atoms with E-state index in [0.29, 0.717) is 37.6 Å². The Bertz CT molecular complexity index is 682. The summed E-state index contributed by atoms with van der Waals surface area (Å²) in [6, 6.07) is 6.47. The van der Waals surface area contributed by atoms with Gasteiger partial charge in [-0.05, 0) is 24.3 Å². The van der Waals surface area contributed by atoms with E-state index in [0.717, 1.165) is 17.0 Å². The maximum Gasteiger partial charge on any atom is 0.243 e. The van der Waals surface area contributed by atoms with Crippen LogP contribution in [-0.4, -0.2) is 76.6 Å². The summed E-state index contributed by atoms with van der Waals surface area (Å²) in [5.74, 6) is 0.310. The third-order valence-corrected chi connectivity index (χ3v) is 5.00. The summed E-state index contributed by atoms with van der Waals surface area (Å²) in [6.45, 7) is 1.44. The molecule has 0 aromatic heterocycles. The SMILES string of the molecule is COc1ccc(N(CC(=O)N2CCN(C=O)CC2)S(C)(=O)=O)cc1. The molecule has 0 N–H and O–H groups in total. The van der Waals surface area contributed by atoms with Gasteiger partial charge in [-0.15, -0.1) is 0 Å². The molecule has 0 unspecified atom stereocenters. The van der Waals surface area contributed by atoms with Gasteiger partial charge in [0.05, 0.1) is 19.1 Å². The molecule has 1 aromatic carbocycles. The Hall–Kier alpha value is -2.29. The number of hydrogen-bond acceptors (Lipinski definition) is 5. The van der Waals surface area contributed by atoms with Gasteiger partial charge in [-0.2, -0.15) is 0 Å². The van der Waals surface area contributed by atoms with Crippen molar-refractivity contribution >= 4 is 28.0 Å². The van der Waals surface area contributed by atoms with Crippen LogP contribution in [0.4, 0.5) is 5.69 Å². The van der Waals surface area contributed by atoms with Crippen molar-refractivity contribution in [2.45, 2.75) is 0 Å². The van der Waals surface area contributed by atoms with Gasteiger partial charge in [-0.3, -0.25) is 13.9 Å². The van der Waals surface area contributed by atoms with E-state index in [2.05, 4.69) is 0 Å². The third-order valence-electron chi connectivity index (χ3n) is 3.86. The van der Waals surface area contributed by atoms with Crippen LogP contribution in [-0.2, 0) is 19.6 Å². The van der Waals surface area contributed by atoms with Gasteiger partial charge in [0, 0.05) is 26.2 Å². The van der Waals surface area contributed by atoms with E-state index in [1.807, 2.05) is 0 Å². The number of carbonyl (C=O) groups is 2. The average Bonchev–Trinajstić information content (AvgIpc) is 2.58. The van der Waals surface area contributed by atoms with Crippen LogP contribution in [0.3, 0.4) is 0 Å². The molecule has 132 valence electrons. The lowest BCUT2D eigenvalue weighted by atomic mass is 10.3. The zero-order chi connectivity index (χ0) is 17.7. The van der Waals surface area contributed by atoms with Gasteiger partial charge in [-0.25, -0.2) is 8.42 Å². The smallest absolute Gasteiger partial charge is 0.243 e. The Labute approximate surface area is 141 Å². The van der Waals surface area contributed by atoms with E-state index in [1.165, 1.54) is 7.11 Å². The molecule has 0 radical (unpaired) electrons. The van der Waals surface area contributed by atoms with Crippen molar-refractivity contribution in [3.63, 3.8) is 0 Å². The molecule has 0 saturated carbocycles. The molecule has 0 spiro atoms. The Morgan fingerprint density at radius 3 is 2.25 bits per heavy atom. The summed E-state index contributed by atoms with van der Waals surface area (Å²) in [5.41, 5.74) is 0.401. The number of benzene rings is 1. The molecule has 1 aromatic rings. The van der Waals surface area contributed by atoms with E-state index in [1.54, 1.807) is 34.1 Å². The number of nitrogens with zero attached hydrogens (tertiary/aromatic N) is 3. The van der Waals surface area contributed by atoms with E-state index in [-0.39, 0.29) is 12.5 Å². The molecule has 0 bridgehead atoms. The first-order chi connectivity index (χ1) is 11.3. The summed E-state index contributed by atoms with van der Waals surface area (Å²) in [6.07, 6.45) is 1.82. The fourth-order valence-electron chi connectivity index (χ4n) is 2.45. The predicted octanol–water partition coefficient (Wildman–Crippen LogP) is -0.238. The summed E-state index contributed by atoms with van der Waals surface area (Å²) in [5, 5.41) is 0. The normalized spacial score (nSPS) is 15.1. The largest absolute Gasteiger partial charge is 0.497 e. The van der Waals surface area contributed by atoms with Crippen molar-refractivity contribution in [2.75, 3.05) is 50.4 Å². The Balaban J connectivity index is 2.11. The second-order valence-corrected chi connectivity index (χ2v) is 7.40. The summed E-state index contributed by atoms with van der Waals surface area (Å²) < 4.78 is 30.3. The fourth-order valence-corrected chi connectivity index (χ4v) is 3.30. The summed E-state index contributed by atoms with van der Waals surface area (Å²) >= 11 is 0. The second-order valence-electron chi connectivity index (χ2n) is 5.49. The molecule has 1 heterocycles. The van der Waals surface area contributed by atoms with Crippen LogP contribution in [0.25, 0.3) is 0 Å². The van der Waals surface area contributed by atoms with Gasteiger partial charge >= 0.3 is 0 Å². The molecule has 8 nitrogen and oxygen atoms in total. The average molecular weight is 355 g/mol. The first-order valence-electron chi connectivity index (χ1n) is 7.44. The monoisotopic (exact) mass is 355 g/mol. The number of rotatable bonds is 6. The fraction of sp³-hybridized carbons (Fsp3) is 0.467. The van der Waals surface area contributed by atoms with Crippen molar-refractivity contribution in [1.82, 2.24) is 9.80 Å². The molecule has 9 heteroatoms. The Kier molecular flexibility index (Phi) is 5.66. The Morgan fingerprint density at radius 2 is 1.79 bits per heavy atom. The number of methoxy groups -OCH3 is 1. The predicted molar refractivity (Wildman–Crippen MR) is 89.4 cm³/mol. The van der Waals surface area contributed by atoms with Crippen LogP contribution in [0.1, 0.15) is 0 Å². The third kappa shape index (κ3) is 4.38. The molecular formula is C15H21N3O5S. The van der Waals surface area contributed by atoms with Gasteiger partial charge in [-0.1, -0.05) is 0 Å². The first kappa shape index (κ1) is 18.1. The van der Waals surface area contributed by atoms with Gasteiger partial charge in [0.25, 0.3) is 0 Å². The van der Waals surface area contributed by atoms with Crippen molar-refractivity contribution in [3.8, 4) is 5.75 Å². The molecule has 0 atom stereocenters. The minimum Gasteiger partial charge on any atom is -0.497 e. The first-order valence-corrected chi connectivity index (χ1v) is 9.29. The van der Waals surface area contributed by atoms with Crippen LogP contribution < -0.4 is 9.04 Å². The molecule has 2 rings (SSSR count). The topological polar surface area (TPSA) is 87.2 Å². The minimum atomic E-state index is -3.61. The zero-order valence-corrected chi connectivity index (χ0v) is 14.5. The lowest BCUT2D eigenvalue weighted by Crippen LogP contribution is -2.51. The van der Waals surface area contributed by atoms with Crippen molar-refractivity contribution in [1.29, 1.82) is 0 Å². The van der Waals surface area contributed by atoms with E-state index < -0.39 is 10.0 Å². The molecule has 0 aliphatic carbocycles. The summed E-state index contributed by atoms with van der Waals surface area (Å²) in [7, 11) is -2.09. The number of amides is 2. The minimum absolute atomic E-state index is 0.272. The van der Waals surface area contributed by atoms with Crippen molar-refractivity contribution in [2.24, 2.45) is 0 Å². The van der Waals surface area contributed by atoms with Crippen LogP contribution in [0.5, 0.6) is 5.75 Å². The quantitative estimate of drug-likeness (QED) is 0.658. The van der Waals surface area contributed by atoms with Gasteiger partial charge in [0.15, 0.2) is 0 Å². The second kappa shape index (κ2) is 7.52. The number of piperazine rings is 1. The maximum atomic E-state index is 12.4. The number of anilines is 1. The number of sulfonamides is 1. The van der Waals surface area contributed by atoms with Crippen LogP contribution in [0, 0.1) is 0 Å². The highest BCUT2D eigenvalue weighted by Crippen LogP contribution is 2.21. The van der Waals surface area contributed by atoms with Gasteiger partial charge in [0.1, 0.15) is 12.3 Å². The van der Waals surface area contributed by atoms with Gasteiger partial charge in [0.2, 0.25) is 22.3 Å². The lowest BCUT2D eigenvalue weighted by Gasteiger charge is -2.34. The number of carbonyl (C=O) groups excluding carboxylic acids is 2. The van der Waals surface area contributed by atoms with E-state index in [9.17, 15) is 18.0 Å². The van der Waals surface area contributed by atoms with Crippen LogP contribution >= 0.6 is 0 Å². The Morgan fingerprint density at radius 1 is 1.21 bits per heavy atom. The molecule has 1 fully saturated rings. The maximum absolute atomic E-state index is 12.4. The molecular weight excluding hydrogens is 334 g/mol. The highest BCUT2D eigenvalue weighted by atomic mass is 32.2. The zero-order valence-electron chi connectivity index (χ0n) is 13.7. The van der Waals surface area contributed by atoms with Crippen molar-refractivity contribution in [3.05, 3.63) is 24.3 Å². The molecule has 1 aliphatic heterocycles. The molecule has 24 heavy (non-hydrogen) atoms. The molecule has 2 amide bonds. The van der Waals surface area contributed by atoms with Gasteiger partial charge < -0.3 is 14.5 Å².